The second-order valence-corrected chi connectivity index (χ2v) is 8.35. The third-order valence-electron chi connectivity index (χ3n) is 6.11. The molecule has 1 aliphatic heterocycles. The minimum absolute atomic E-state index is 0.00990. The number of rotatable bonds is 4. The molecule has 1 aliphatic carbocycles. The maximum atomic E-state index is 13.4. The Labute approximate surface area is 183 Å². The van der Waals surface area contributed by atoms with Crippen molar-refractivity contribution in [2.45, 2.75) is 57.5 Å². The molecule has 0 bridgehead atoms. The highest BCUT2D eigenvalue weighted by Gasteiger charge is 2.32. The fourth-order valence-corrected chi connectivity index (χ4v) is 4.10. The van der Waals surface area contributed by atoms with Gasteiger partial charge in [-0.1, -0.05) is 0 Å². The van der Waals surface area contributed by atoms with E-state index >= 15 is 0 Å². The van der Waals surface area contributed by atoms with E-state index < -0.39 is 29.6 Å². The Morgan fingerprint density at radius 1 is 1.19 bits per heavy atom. The summed E-state index contributed by atoms with van der Waals surface area (Å²) in [6, 6.07) is 0.977. The number of carbonyl (C=O) groups is 1. The number of nitrogens with zero attached hydrogens (tertiary/aromatic N) is 3. The van der Waals surface area contributed by atoms with Crippen LogP contribution in [0.2, 0.25) is 0 Å². The second-order valence-electron chi connectivity index (χ2n) is 8.35. The zero-order valence-corrected chi connectivity index (χ0v) is 17.9. The van der Waals surface area contributed by atoms with Gasteiger partial charge in [-0.3, -0.25) is 4.79 Å². The minimum atomic E-state index is -1.60. The lowest BCUT2D eigenvalue weighted by atomic mass is 10.1. The largest absolute Gasteiger partial charge is 0.372 e. The van der Waals surface area contributed by atoms with Crippen molar-refractivity contribution in [3.05, 3.63) is 40.8 Å². The quantitative estimate of drug-likeness (QED) is 0.531. The van der Waals surface area contributed by atoms with Crippen molar-refractivity contribution in [3.63, 3.8) is 0 Å². The van der Waals surface area contributed by atoms with Crippen LogP contribution in [0.4, 0.5) is 30.6 Å². The van der Waals surface area contributed by atoms with Gasteiger partial charge in [0.1, 0.15) is 11.9 Å². The maximum Gasteiger partial charge on any atom is 0.251 e. The third kappa shape index (κ3) is 4.16. The molecule has 1 unspecified atom stereocenters. The Balaban J connectivity index is 1.41. The van der Waals surface area contributed by atoms with Gasteiger partial charge >= 0.3 is 0 Å². The molecule has 0 spiro atoms. The van der Waals surface area contributed by atoms with E-state index in [4.69, 9.17) is 0 Å². The van der Waals surface area contributed by atoms with Gasteiger partial charge in [-0.25, -0.2) is 18.2 Å². The number of carbonyl (C=O) groups excluding carboxylic acids is 1. The Morgan fingerprint density at radius 3 is 2.53 bits per heavy atom. The second kappa shape index (κ2) is 8.45. The van der Waals surface area contributed by atoms with E-state index in [1.165, 1.54) is 0 Å². The molecule has 1 saturated carbocycles. The molecule has 2 aliphatic rings. The first kappa shape index (κ1) is 22.1. The molecule has 0 saturated heterocycles. The van der Waals surface area contributed by atoms with Crippen LogP contribution in [0.25, 0.3) is 0 Å². The van der Waals surface area contributed by atoms with Crippen LogP contribution >= 0.6 is 0 Å². The summed E-state index contributed by atoms with van der Waals surface area (Å²) in [6.45, 7) is 3.71. The molecule has 1 amide bonds. The fourth-order valence-electron chi connectivity index (χ4n) is 4.10. The highest BCUT2D eigenvalue weighted by molar-refractivity contribution is 5.94. The zero-order chi connectivity index (χ0) is 23.2. The molecule has 1 aromatic carbocycles. The number of amides is 1. The van der Waals surface area contributed by atoms with Gasteiger partial charge < -0.3 is 26.0 Å². The monoisotopic (exact) mass is 450 g/mol. The summed E-state index contributed by atoms with van der Waals surface area (Å²) in [5.41, 5.74) is 1.11. The number of aromatic nitrogens is 2. The summed E-state index contributed by atoms with van der Waals surface area (Å²) in [4.78, 5) is 23.3. The predicted molar refractivity (Wildman–Crippen MR) is 113 cm³/mol. The summed E-state index contributed by atoms with van der Waals surface area (Å²) in [5.74, 6) is -3.94. The van der Waals surface area contributed by atoms with E-state index in [-0.39, 0.29) is 23.7 Å². The smallest absolute Gasteiger partial charge is 0.251 e. The molecule has 8 nitrogen and oxygen atoms in total. The van der Waals surface area contributed by atoms with Gasteiger partial charge in [0.2, 0.25) is 5.95 Å². The number of aryl methyl sites for hydroxylation is 1. The Hall–Kier alpha value is -3.08. The number of halogens is 3. The molecule has 172 valence electrons. The van der Waals surface area contributed by atoms with E-state index in [0.29, 0.717) is 48.1 Å². The summed E-state index contributed by atoms with van der Waals surface area (Å²) in [5, 5.41) is 19.2. The van der Waals surface area contributed by atoms with E-state index in [2.05, 4.69) is 25.9 Å². The topological polar surface area (TPSA) is 102 Å². The number of hydrogen-bond acceptors (Lipinski definition) is 7. The number of likely N-dealkylation sites (N-methyl/N-ethyl adjacent to an activating group) is 1. The van der Waals surface area contributed by atoms with Crippen molar-refractivity contribution in [1.29, 1.82) is 0 Å². The number of benzene rings is 1. The standard InChI is InChI=1S/C21H25F3N6O2/c1-9-17-18(30(3)10(2)19(31)28-17)29-21(25-9)27-13-5-4-12(8-13)26-20(32)11-6-14(22)16(24)15(23)7-11/h6-7,10,12-13,19,28,31H,4-5,8H2,1-3H3,(H,26,32)(H,25,27,29)/t10-,12+,13-,19?/m0/s1. The Kier molecular flexibility index (Phi) is 5.85. The highest BCUT2D eigenvalue weighted by atomic mass is 19.2. The lowest BCUT2D eigenvalue weighted by Gasteiger charge is -2.37. The number of nitrogens with one attached hydrogen (secondary N) is 3. The summed E-state index contributed by atoms with van der Waals surface area (Å²) >= 11 is 0. The van der Waals surface area contributed by atoms with Crippen molar-refractivity contribution in [2.75, 3.05) is 22.6 Å². The van der Waals surface area contributed by atoms with Crippen molar-refractivity contribution >= 4 is 23.4 Å². The summed E-state index contributed by atoms with van der Waals surface area (Å²) in [7, 11) is 1.85. The molecule has 1 aromatic heterocycles. The van der Waals surface area contributed by atoms with Gasteiger partial charge in [-0.2, -0.15) is 4.98 Å². The van der Waals surface area contributed by atoms with Gasteiger partial charge in [-0.05, 0) is 45.2 Å². The van der Waals surface area contributed by atoms with Gasteiger partial charge in [0.05, 0.1) is 11.7 Å². The van der Waals surface area contributed by atoms with Crippen molar-refractivity contribution in [2.24, 2.45) is 0 Å². The first-order valence-electron chi connectivity index (χ1n) is 10.4. The van der Waals surface area contributed by atoms with Crippen LogP contribution in [0.15, 0.2) is 12.1 Å². The van der Waals surface area contributed by atoms with Gasteiger partial charge in [-0.15, -0.1) is 0 Å². The number of aliphatic hydroxyl groups is 1. The van der Waals surface area contributed by atoms with E-state index in [9.17, 15) is 23.1 Å². The fraction of sp³-hybridized carbons (Fsp3) is 0.476. The predicted octanol–water partition coefficient (Wildman–Crippen LogP) is 2.53. The zero-order valence-electron chi connectivity index (χ0n) is 17.9. The Bertz CT molecular complexity index is 1030. The van der Waals surface area contributed by atoms with Crippen LogP contribution in [0, 0.1) is 24.4 Å². The Morgan fingerprint density at radius 2 is 1.84 bits per heavy atom. The van der Waals surface area contributed by atoms with E-state index in [1.807, 2.05) is 25.8 Å². The van der Waals surface area contributed by atoms with Gasteiger partial charge in [0.15, 0.2) is 23.3 Å². The summed E-state index contributed by atoms with van der Waals surface area (Å²) < 4.78 is 39.9. The van der Waals surface area contributed by atoms with Crippen LogP contribution in [-0.2, 0) is 0 Å². The van der Waals surface area contributed by atoms with Gasteiger partial charge in [0.25, 0.3) is 5.91 Å². The van der Waals surface area contributed by atoms with Crippen molar-refractivity contribution < 1.29 is 23.1 Å². The van der Waals surface area contributed by atoms with Crippen molar-refractivity contribution in [1.82, 2.24) is 15.3 Å². The van der Waals surface area contributed by atoms with Crippen LogP contribution in [0.1, 0.15) is 42.2 Å². The third-order valence-corrected chi connectivity index (χ3v) is 6.11. The van der Waals surface area contributed by atoms with Crippen LogP contribution in [-0.4, -0.2) is 52.4 Å². The normalized spacial score (nSPS) is 24.7. The number of anilines is 3. The number of fused-ring (bicyclic) bond motifs is 1. The highest BCUT2D eigenvalue weighted by Crippen LogP contribution is 2.34. The lowest BCUT2D eigenvalue weighted by Crippen LogP contribution is -2.48. The van der Waals surface area contributed by atoms with Crippen LogP contribution in [0.5, 0.6) is 0 Å². The molecule has 32 heavy (non-hydrogen) atoms. The number of aliphatic hydroxyl groups excluding tert-OH is 1. The van der Waals surface area contributed by atoms with E-state index in [1.54, 1.807) is 0 Å². The molecule has 11 heteroatoms. The molecule has 1 fully saturated rings. The van der Waals surface area contributed by atoms with Crippen molar-refractivity contribution in [3.8, 4) is 0 Å². The average molecular weight is 450 g/mol. The number of hydrogen-bond donors (Lipinski definition) is 4. The SMILES string of the molecule is Cc1nc(N[C@H]2CC[C@@H](NC(=O)c3cc(F)c(F)c(F)c3)C2)nc2c1NC(O)[C@H](C)N2C. The molecule has 0 radical (unpaired) electrons. The minimum Gasteiger partial charge on any atom is -0.372 e. The van der Waals surface area contributed by atoms with E-state index in [0.717, 1.165) is 6.42 Å². The molecule has 2 heterocycles. The molecule has 4 rings (SSSR count). The molecule has 4 N–H and O–H groups in total. The molecule has 4 atom stereocenters. The molecular weight excluding hydrogens is 425 g/mol. The summed E-state index contributed by atoms with van der Waals surface area (Å²) in [6.07, 6.45) is 1.24. The molecule has 2 aromatic rings. The van der Waals surface area contributed by atoms with Crippen LogP contribution < -0.4 is 20.9 Å². The first-order chi connectivity index (χ1) is 15.1. The average Bonchev–Trinajstić information content (AvgIpc) is 3.17. The first-order valence-corrected chi connectivity index (χ1v) is 10.4. The maximum absolute atomic E-state index is 13.4. The van der Waals surface area contributed by atoms with Crippen LogP contribution in [0.3, 0.4) is 0 Å². The lowest BCUT2D eigenvalue weighted by molar-refractivity contribution is 0.0936. The molecular formula is C21H25F3N6O2. The van der Waals surface area contributed by atoms with Gasteiger partial charge in [0, 0.05) is 24.7 Å².